The highest BCUT2D eigenvalue weighted by molar-refractivity contribution is 6.30. The number of benzene rings is 1. The Hall–Kier alpha value is -1.81. The smallest absolute Gasteiger partial charge is 0.141 e. The summed E-state index contributed by atoms with van der Waals surface area (Å²) in [4.78, 5) is 4.32. The zero-order valence-electron chi connectivity index (χ0n) is 9.87. The number of anilines is 2. The molecular weight excluding hydrogens is 253 g/mol. The van der Waals surface area contributed by atoms with Crippen LogP contribution in [0.15, 0.2) is 36.4 Å². The number of nitrogens with zero attached hydrogens (tertiary/aromatic N) is 1. The van der Waals surface area contributed by atoms with E-state index in [1.807, 2.05) is 25.2 Å². The molecule has 2 aromatic rings. The first-order valence-corrected chi connectivity index (χ1v) is 5.89. The molecule has 0 unspecified atom stereocenters. The van der Waals surface area contributed by atoms with Crippen LogP contribution in [0.3, 0.4) is 0 Å². The summed E-state index contributed by atoms with van der Waals surface area (Å²) in [5.74, 6) is 1.13. The summed E-state index contributed by atoms with van der Waals surface area (Å²) in [5.41, 5.74) is 0.901. The average Bonchev–Trinajstić information content (AvgIpc) is 2.40. The van der Waals surface area contributed by atoms with Crippen molar-refractivity contribution in [1.82, 2.24) is 4.98 Å². The minimum Gasteiger partial charge on any atom is -0.373 e. The van der Waals surface area contributed by atoms with Crippen LogP contribution in [0, 0.1) is 5.82 Å². The van der Waals surface area contributed by atoms with Crippen molar-refractivity contribution in [2.24, 2.45) is 0 Å². The van der Waals surface area contributed by atoms with Crippen molar-refractivity contribution in [1.29, 1.82) is 0 Å². The van der Waals surface area contributed by atoms with Crippen LogP contribution < -0.4 is 10.6 Å². The van der Waals surface area contributed by atoms with E-state index < -0.39 is 5.82 Å². The van der Waals surface area contributed by atoms with E-state index in [-0.39, 0.29) is 5.02 Å². The van der Waals surface area contributed by atoms with E-state index >= 15 is 0 Å². The molecule has 1 heterocycles. The molecule has 2 N–H and O–H groups in total. The van der Waals surface area contributed by atoms with E-state index in [0.29, 0.717) is 6.54 Å². The highest BCUT2D eigenvalue weighted by Crippen LogP contribution is 2.17. The monoisotopic (exact) mass is 265 g/mol. The van der Waals surface area contributed by atoms with Crippen molar-refractivity contribution >= 4 is 23.2 Å². The summed E-state index contributed by atoms with van der Waals surface area (Å²) >= 11 is 5.71. The molecule has 1 aromatic heterocycles. The standard InChI is InChI=1S/C13H13ClFN3/c1-16-12-3-2-4-13(18-12)17-8-9-5-6-11(15)10(14)7-9/h2-7H,8H2,1H3,(H2,16,17,18). The Kier molecular flexibility index (Phi) is 3.99. The van der Waals surface area contributed by atoms with Crippen LogP contribution in [0.2, 0.25) is 5.02 Å². The summed E-state index contributed by atoms with van der Waals surface area (Å²) < 4.78 is 13.0. The molecule has 18 heavy (non-hydrogen) atoms. The fraction of sp³-hybridized carbons (Fsp3) is 0.154. The quantitative estimate of drug-likeness (QED) is 0.888. The lowest BCUT2D eigenvalue weighted by Gasteiger charge is -2.07. The number of hydrogen-bond acceptors (Lipinski definition) is 3. The molecule has 0 saturated carbocycles. The summed E-state index contributed by atoms with van der Waals surface area (Å²) in [7, 11) is 1.81. The molecule has 1 aromatic carbocycles. The molecule has 0 aliphatic heterocycles. The number of aromatic nitrogens is 1. The van der Waals surface area contributed by atoms with Gasteiger partial charge in [0.05, 0.1) is 5.02 Å². The van der Waals surface area contributed by atoms with Crippen molar-refractivity contribution in [2.45, 2.75) is 6.54 Å². The Labute approximate surface area is 110 Å². The molecule has 0 fully saturated rings. The van der Waals surface area contributed by atoms with Gasteiger partial charge in [-0.1, -0.05) is 23.7 Å². The van der Waals surface area contributed by atoms with E-state index in [0.717, 1.165) is 17.2 Å². The lowest BCUT2D eigenvalue weighted by Crippen LogP contribution is -2.03. The van der Waals surface area contributed by atoms with Crippen molar-refractivity contribution < 1.29 is 4.39 Å². The van der Waals surface area contributed by atoms with E-state index in [1.165, 1.54) is 6.07 Å². The van der Waals surface area contributed by atoms with Gasteiger partial charge < -0.3 is 10.6 Å². The average molecular weight is 266 g/mol. The molecule has 2 rings (SSSR count). The fourth-order valence-electron chi connectivity index (χ4n) is 1.51. The van der Waals surface area contributed by atoms with Crippen molar-refractivity contribution in [3.05, 3.63) is 52.8 Å². The maximum Gasteiger partial charge on any atom is 0.141 e. The summed E-state index contributed by atoms with van der Waals surface area (Å²) in [5, 5.41) is 6.24. The van der Waals surface area contributed by atoms with Crippen LogP contribution >= 0.6 is 11.6 Å². The highest BCUT2D eigenvalue weighted by atomic mass is 35.5. The second-order valence-corrected chi connectivity index (χ2v) is 4.17. The molecule has 0 saturated heterocycles. The lowest BCUT2D eigenvalue weighted by atomic mass is 10.2. The third-order valence-electron chi connectivity index (χ3n) is 2.46. The first-order chi connectivity index (χ1) is 8.69. The van der Waals surface area contributed by atoms with Gasteiger partial charge in [0.15, 0.2) is 0 Å². The number of halogens is 2. The number of rotatable bonds is 4. The molecule has 94 valence electrons. The van der Waals surface area contributed by atoms with Crippen LogP contribution in [0.5, 0.6) is 0 Å². The van der Waals surface area contributed by atoms with Gasteiger partial charge >= 0.3 is 0 Å². The topological polar surface area (TPSA) is 37.0 Å². The Morgan fingerprint density at radius 3 is 2.72 bits per heavy atom. The number of pyridine rings is 1. The minimum atomic E-state index is -0.407. The molecule has 0 bridgehead atoms. The van der Waals surface area contributed by atoms with E-state index in [1.54, 1.807) is 12.1 Å². The molecule has 0 spiro atoms. The summed E-state index contributed by atoms with van der Waals surface area (Å²) in [6, 6.07) is 10.3. The molecule has 5 heteroatoms. The van der Waals surface area contributed by atoms with Crippen molar-refractivity contribution in [3.63, 3.8) is 0 Å². The van der Waals surface area contributed by atoms with Crippen LogP contribution in [-0.2, 0) is 6.54 Å². The second-order valence-electron chi connectivity index (χ2n) is 3.76. The molecule has 0 aliphatic rings. The van der Waals surface area contributed by atoms with Gasteiger partial charge in [0.2, 0.25) is 0 Å². The van der Waals surface area contributed by atoms with E-state index in [9.17, 15) is 4.39 Å². The molecule has 0 aliphatic carbocycles. The zero-order valence-corrected chi connectivity index (χ0v) is 10.6. The number of hydrogen-bond donors (Lipinski definition) is 2. The van der Waals surface area contributed by atoms with Gasteiger partial charge in [0.1, 0.15) is 17.5 Å². The third kappa shape index (κ3) is 3.11. The maximum atomic E-state index is 13.0. The van der Waals surface area contributed by atoms with Crippen molar-refractivity contribution in [3.8, 4) is 0 Å². The Morgan fingerprint density at radius 2 is 2.00 bits per heavy atom. The molecular formula is C13H13ClFN3. The van der Waals surface area contributed by atoms with Gasteiger partial charge in [-0.15, -0.1) is 0 Å². The van der Waals surface area contributed by atoms with E-state index in [4.69, 9.17) is 11.6 Å². The molecule has 0 radical (unpaired) electrons. The van der Waals surface area contributed by atoms with Gasteiger partial charge in [-0.05, 0) is 29.8 Å². The predicted molar refractivity (Wildman–Crippen MR) is 72.5 cm³/mol. The lowest BCUT2D eigenvalue weighted by molar-refractivity contribution is 0.627. The largest absolute Gasteiger partial charge is 0.373 e. The van der Waals surface area contributed by atoms with Gasteiger partial charge in [-0.25, -0.2) is 9.37 Å². The van der Waals surface area contributed by atoms with Gasteiger partial charge in [0.25, 0.3) is 0 Å². The summed E-state index contributed by atoms with van der Waals surface area (Å²) in [6.45, 7) is 0.542. The second kappa shape index (κ2) is 5.69. The first-order valence-electron chi connectivity index (χ1n) is 5.51. The Bertz CT molecular complexity index is 546. The van der Waals surface area contributed by atoms with Crippen LogP contribution in [0.1, 0.15) is 5.56 Å². The van der Waals surface area contributed by atoms with Gasteiger partial charge in [0, 0.05) is 13.6 Å². The predicted octanol–water partition coefficient (Wildman–Crippen LogP) is 3.53. The Balaban J connectivity index is 2.04. The number of nitrogens with one attached hydrogen (secondary N) is 2. The van der Waals surface area contributed by atoms with Gasteiger partial charge in [-0.3, -0.25) is 0 Å². The molecule has 0 amide bonds. The zero-order chi connectivity index (χ0) is 13.0. The van der Waals surface area contributed by atoms with Crippen LogP contribution in [0.25, 0.3) is 0 Å². The van der Waals surface area contributed by atoms with E-state index in [2.05, 4.69) is 15.6 Å². The fourth-order valence-corrected chi connectivity index (χ4v) is 1.72. The van der Waals surface area contributed by atoms with Crippen LogP contribution in [0.4, 0.5) is 16.0 Å². The normalized spacial score (nSPS) is 10.2. The first kappa shape index (κ1) is 12.6. The van der Waals surface area contributed by atoms with Gasteiger partial charge in [-0.2, -0.15) is 0 Å². The maximum absolute atomic E-state index is 13.0. The van der Waals surface area contributed by atoms with Crippen molar-refractivity contribution in [2.75, 3.05) is 17.7 Å². The van der Waals surface area contributed by atoms with Crippen LogP contribution in [-0.4, -0.2) is 12.0 Å². The minimum absolute atomic E-state index is 0.131. The highest BCUT2D eigenvalue weighted by Gasteiger charge is 2.01. The SMILES string of the molecule is CNc1cccc(NCc2ccc(F)c(Cl)c2)n1. The Morgan fingerprint density at radius 1 is 1.22 bits per heavy atom. The third-order valence-corrected chi connectivity index (χ3v) is 2.75. The summed E-state index contributed by atoms with van der Waals surface area (Å²) in [6.07, 6.45) is 0. The molecule has 3 nitrogen and oxygen atoms in total. The molecule has 0 atom stereocenters.